The van der Waals surface area contributed by atoms with Crippen molar-refractivity contribution in [2.24, 2.45) is 5.92 Å². The first-order valence-electron chi connectivity index (χ1n) is 27.5. The number of hydrogen-bond acceptors (Lipinski definition) is 19. The molecule has 8 atom stereocenters. The van der Waals surface area contributed by atoms with Crippen molar-refractivity contribution in [2.75, 3.05) is 92.6 Å². The van der Waals surface area contributed by atoms with Crippen LogP contribution in [0.5, 0.6) is 17.5 Å². The minimum Gasteiger partial charge on any atom is -0.495 e. The average Bonchev–Trinajstić information content (AvgIpc) is 3.49. The molecule has 3 aliphatic rings. The molecule has 3 aliphatic heterocycles. The Bertz CT molecular complexity index is 2600. The van der Waals surface area contributed by atoms with Gasteiger partial charge in [-0.25, -0.2) is 9.59 Å². The predicted octanol–water partition coefficient (Wildman–Crippen LogP) is 5.63. The molecule has 458 valence electrons. The number of halogens is 1. The molecule has 0 radical (unpaired) electrons. The van der Waals surface area contributed by atoms with Crippen LogP contribution in [0.4, 0.5) is 10.5 Å². The van der Waals surface area contributed by atoms with Crippen molar-refractivity contribution in [1.29, 1.82) is 0 Å². The summed E-state index contributed by atoms with van der Waals surface area (Å²) in [5.41, 5.74) is -1.20. The highest BCUT2D eigenvalue weighted by Gasteiger charge is 2.64. The van der Waals surface area contributed by atoms with E-state index in [4.69, 9.17) is 54.2 Å². The number of esters is 1. The van der Waals surface area contributed by atoms with E-state index >= 15 is 0 Å². The number of aromatic hydroxyl groups is 2. The summed E-state index contributed by atoms with van der Waals surface area (Å²) in [5, 5.41) is 39.2. The first-order valence-corrected chi connectivity index (χ1v) is 28.7. The molecule has 2 aromatic rings. The molecular weight excluding hydrogens is 1110 g/mol. The minimum atomic E-state index is -1.89. The van der Waals surface area contributed by atoms with E-state index in [1.807, 2.05) is 26.8 Å². The van der Waals surface area contributed by atoms with Crippen LogP contribution in [0.2, 0.25) is 5.02 Å². The second kappa shape index (κ2) is 30.9. The van der Waals surface area contributed by atoms with Gasteiger partial charge in [0.05, 0.1) is 83.1 Å². The number of anilines is 1. The lowest BCUT2D eigenvalue weighted by Gasteiger charge is -2.42. The molecule has 23 nitrogen and oxygen atoms in total. The van der Waals surface area contributed by atoms with E-state index in [-0.39, 0.29) is 73.9 Å². The second-order valence-electron chi connectivity index (χ2n) is 21.6. The lowest BCUT2D eigenvalue weighted by molar-refractivity contribution is -0.162. The number of nitrogens with zero attached hydrogens (tertiary/aromatic N) is 3. The fraction of sp³-hybridized carbons (Fsp3) is 0.649. The molecule has 4 bridgehead atoms. The molecule has 0 spiro atoms. The van der Waals surface area contributed by atoms with E-state index in [9.17, 15) is 44.1 Å². The molecule has 4 heterocycles. The number of Topliss-reactive ketones (excluding diaryl/α,β-unsaturated/α-hetero) is 1. The van der Waals surface area contributed by atoms with E-state index in [1.54, 1.807) is 45.2 Å². The Hall–Kier alpha value is -5.44. The first kappa shape index (κ1) is 67.4. The first-order chi connectivity index (χ1) is 38.7. The molecule has 0 unspecified atom stereocenters. The number of carbonyl (C=O) groups excluding carboxylic acids is 6. The van der Waals surface area contributed by atoms with E-state index in [1.165, 1.54) is 67.3 Å². The molecule has 5 rings (SSSR count). The number of fused-ring (bicyclic) bond motifs is 5. The highest BCUT2D eigenvalue weighted by atomic mass is 35.5. The molecule has 5 N–H and O–H groups in total. The summed E-state index contributed by atoms with van der Waals surface area (Å²) in [6.07, 6.45) is 0.943. The van der Waals surface area contributed by atoms with Gasteiger partial charge in [-0.2, -0.15) is 0 Å². The molecule has 2 fully saturated rings. The number of likely N-dealkylation sites (N-methyl/N-ethyl adjacent to an activating group) is 1. The fourth-order valence-electron chi connectivity index (χ4n) is 9.49. The van der Waals surface area contributed by atoms with Gasteiger partial charge in [-0.1, -0.05) is 56.2 Å². The SMILES string of the molecule is COc1cc2cc(c1Cl)N(C)C(=O)C[C@H](OC(=O)[C@H](C)N(C)C(=O)CCC(C)(C)Sc1cc(O)n(CCC(=O)NCCOCCOCCOCCOCCC(C)=O)c1O)[C@]1(C)O[C@H]1[C@H](C)[C@@H]1C[C@@](O)(NC(=O)O1)[C@H](OC)C=CC=C(C)C2. The number of aromatic nitrogens is 1. The lowest BCUT2D eigenvalue weighted by Crippen LogP contribution is -2.63. The smallest absolute Gasteiger partial charge is 0.409 e. The van der Waals surface area contributed by atoms with Crippen molar-refractivity contribution in [2.45, 2.75) is 151 Å². The number of aliphatic hydroxyl groups is 1. The monoisotopic (exact) mass is 1190 g/mol. The van der Waals surface area contributed by atoms with Gasteiger partial charge in [0.1, 0.15) is 46.5 Å². The maximum Gasteiger partial charge on any atom is 0.409 e. The zero-order chi connectivity index (χ0) is 60.5. The Morgan fingerprint density at radius 2 is 1.63 bits per heavy atom. The van der Waals surface area contributed by atoms with Gasteiger partial charge in [0.25, 0.3) is 0 Å². The third-order valence-electron chi connectivity index (χ3n) is 14.7. The van der Waals surface area contributed by atoms with Crippen LogP contribution in [-0.4, -0.2) is 195 Å². The largest absolute Gasteiger partial charge is 0.495 e. The molecule has 0 aliphatic carbocycles. The van der Waals surface area contributed by atoms with Gasteiger partial charge in [0, 0.05) is 76.7 Å². The Kier molecular flexibility index (Phi) is 25.4. The second-order valence-corrected chi connectivity index (χ2v) is 23.7. The van der Waals surface area contributed by atoms with Gasteiger partial charge in [-0.05, 0) is 58.2 Å². The van der Waals surface area contributed by atoms with Crippen LogP contribution >= 0.6 is 23.4 Å². The topological polar surface area (TPSA) is 285 Å². The van der Waals surface area contributed by atoms with E-state index in [0.717, 1.165) is 11.1 Å². The molecule has 1 aromatic heterocycles. The summed E-state index contributed by atoms with van der Waals surface area (Å²) in [6, 6.07) is 3.79. The van der Waals surface area contributed by atoms with Crippen molar-refractivity contribution in [1.82, 2.24) is 20.1 Å². The van der Waals surface area contributed by atoms with E-state index in [0.29, 0.717) is 75.4 Å². The molecule has 2 saturated heterocycles. The Morgan fingerprint density at radius 1 is 0.988 bits per heavy atom. The quantitative estimate of drug-likeness (QED) is 0.0299. The van der Waals surface area contributed by atoms with Crippen LogP contribution in [-0.2, 0) is 74.8 Å². The van der Waals surface area contributed by atoms with Crippen molar-refractivity contribution in [3.63, 3.8) is 0 Å². The Labute approximate surface area is 489 Å². The number of carbonyl (C=O) groups is 6. The fourth-order valence-corrected chi connectivity index (χ4v) is 11.0. The van der Waals surface area contributed by atoms with Crippen LogP contribution in [0, 0.1) is 5.92 Å². The Morgan fingerprint density at radius 3 is 2.27 bits per heavy atom. The van der Waals surface area contributed by atoms with Crippen molar-refractivity contribution >= 4 is 64.6 Å². The van der Waals surface area contributed by atoms with Crippen LogP contribution in [0.25, 0.3) is 0 Å². The number of hydrogen-bond donors (Lipinski definition) is 5. The van der Waals surface area contributed by atoms with Gasteiger partial charge in [0.15, 0.2) is 11.6 Å². The van der Waals surface area contributed by atoms with Crippen LogP contribution in [0.15, 0.2) is 46.9 Å². The number of benzene rings is 1. The number of allylic oxidation sites excluding steroid dienone is 3. The number of methoxy groups -OCH3 is 2. The van der Waals surface area contributed by atoms with Crippen LogP contribution < -0.4 is 20.3 Å². The molecule has 25 heteroatoms. The highest BCUT2D eigenvalue weighted by molar-refractivity contribution is 8.00. The number of rotatable bonds is 28. The minimum absolute atomic E-state index is 0.0137. The average molecular weight is 1190 g/mol. The van der Waals surface area contributed by atoms with Gasteiger partial charge >= 0.3 is 12.1 Å². The lowest BCUT2D eigenvalue weighted by atomic mass is 9.83. The Balaban J connectivity index is 1.16. The summed E-state index contributed by atoms with van der Waals surface area (Å²) in [5.74, 6) is -2.71. The van der Waals surface area contributed by atoms with Gasteiger partial charge in [0.2, 0.25) is 23.6 Å². The number of epoxide rings is 1. The predicted molar refractivity (Wildman–Crippen MR) is 304 cm³/mol. The standard InChI is InChI=1S/C57H84ClN5O18S/c1-35-13-12-14-44(74-11)57(72)34-42(79-54(71)60-57)37(3)51-56(7,81-51)45(33-48(67)62(9)40-30-39(29-35)31-41(73-10)50(40)58)80-53(70)38(4)61(8)47(66)15-18-55(5,6)82-43-32-49(68)63(52(43)69)20-16-46(65)59-19-22-76-24-26-78-28-27-77-25-23-75-21-17-36(2)64/h12-14,30-32,37-38,42,44-45,51,68-69,72H,15-29,33-34H2,1-11H3,(H,59,65)(H,60,71)/t37-,38+,42+,44-,45+,51+,56+,57+/m1/s1. The van der Waals surface area contributed by atoms with Crippen molar-refractivity contribution in [3.8, 4) is 17.5 Å². The summed E-state index contributed by atoms with van der Waals surface area (Å²) in [6.45, 7) is 15.2. The third-order valence-corrected chi connectivity index (χ3v) is 16.4. The van der Waals surface area contributed by atoms with Crippen molar-refractivity contribution in [3.05, 3.63) is 52.6 Å². The zero-order valence-electron chi connectivity index (χ0n) is 49.0. The zero-order valence-corrected chi connectivity index (χ0v) is 50.6. The summed E-state index contributed by atoms with van der Waals surface area (Å²) in [7, 11) is 5.90. The van der Waals surface area contributed by atoms with Gasteiger partial charge in [-0.3, -0.25) is 29.1 Å². The number of thioether (sulfide) groups is 1. The van der Waals surface area contributed by atoms with E-state index < -0.39 is 82.7 Å². The molecule has 82 heavy (non-hydrogen) atoms. The number of alkyl carbamates (subject to hydrolysis) is 1. The number of ketones is 1. The number of nitrogens with one attached hydrogen (secondary N) is 2. The highest BCUT2D eigenvalue weighted by Crippen LogP contribution is 2.50. The third kappa shape index (κ3) is 19.0. The van der Waals surface area contributed by atoms with Crippen LogP contribution in [0.3, 0.4) is 0 Å². The van der Waals surface area contributed by atoms with Gasteiger partial charge < -0.3 is 73.1 Å². The molecule has 4 amide bonds. The number of ether oxygens (including phenoxy) is 9. The van der Waals surface area contributed by atoms with E-state index in [2.05, 4.69) is 10.6 Å². The molecular formula is C57H84ClN5O18S. The molecule has 1 aromatic carbocycles. The molecule has 0 saturated carbocycles. The summed E-state index contributed by atoms with van der Waals surface area (Å²) >= 11 is 8.07. The summed E-state index contributed by atoms with van der Waals surface area (Å²) in [4.78, 5) is 82.1. The maximum atomic E-state index is 14.4. The normalized spacial score (nSPS) is 23.5. The number of amides is 4. The van der Waals surface area contributed by atoms with Crippen LogP contribution in [0.1, 0.15) is 92.6 Å². The van der Waals surface area contributed by atoms with Crippen molar-refractivity contribution < 1.29 is 86.7 Å². The summed E-state index contributed by atoms with van der Waals surface area (Å²) < 4.78 is 51.8. The van der Waals surface area contributed by atoms with Gasteiger partial charge in [-0.15, -0.1) is 11.8 Å². The maximum absolute atomic E-state index is 14.4.